The minimum atomic E-state index is -3.33. The second kappa shape index (κ2) is 6.10. The molecule has 19 heavy (non-hydrogen) atoms. The van der Waals surface area contributed by atoms with Crippen LogP contribution in [0, 0.1) is 0 Å². The molecule has 0 spiro atoms. The molecule has 1 fully saturated rings. The number of hydrogen-bond acceptors (Lipinski definition) is 4. The highest BCUT2D eigenvalue weighted by Crippen LogP contribution is 2.27. The first-order chi connectivity index (χ1) is 8.95. The average molecular weight is 323 g/mol. The Kier molecular flexibility index (Phi) is 4.89. The Balaban J connectivity index is 2.09. The minimum absolute atomic E-state index is 0.356. The van der Waals surface area contributed by atoms with Crippen molar-refractivity contribution in [3.05, 3.63) is 17.0 Å². The second-order valence-corrected chi connectivity index (χ2v) is 8.35. The molecule has 108 valence electrons. The van der Waals surface area contributed by atoms with Crippen molar-refractivity contribution in [3.8, 4) is 0 Å². The summed E-state index contributed by atoms with van der Waals surface area (Å²) in [7, 11) is 0.759. The van der Waals surface area contributed by atoms with Gasteiger partial charge in [0.05, 0.1) is 0 Å². The fraction of sp³-hybridized carbons (Fsp3) is 0.667. The van der Waals surface area contributed by atoms with Crippen LogP contribution in [0.5, 0.6) is 0 Å². The van der Waals surface area contributed by atoms with Gasteiger partial charge >= 0.3 is 0 Å². The van der Waals surface area contributed by atoms with E-state index in [0.29, 0.717) is 29.2 Å². The van der Waals surface area contributed by atoms with Crippen LogP contribution in [-0.2, 0) is 15.9 Å². The van der Waals surface area contributed by atoms with Gasteiger partial charge in [-0.05, 0) is 43.9 Å². The zero-order valence-electron chi connectivity index (χ0n) is 11.2. The number of halogens is 1. The Morgan fingerprint density at radius 1 is 1.42 bits per heavy atom. The van der Waals surface area contributed by atoms with Crippen LogP contribution < -0.4 is 0 Å². The third kappa shape index (κ3) is 3.31. The van der Waals surface area contributed by atoms with E-state index >= 15 is 0 Å². The van der Waals surface area contributed by atoms with Gasteiger partial charge in [0, 0.05) is 25.0 Å². The summed E-state index contributed by atoms with van der Waals surface area (Å²) < 4.78 is 26.9. The zero-order chi connectivity index (χ0) is 14.0. The average Bonchev–Trinajstić information content (AvgIpc) is 2.88. The molecule has 2 heterocycles. The van der Waals surface area contributed by atoms with E-state index in [-0.39, 0.29) is 0 Å². The standard InChI is InChI=1S/C12H19ClN2O2S2/c1-14(2)11-3-5-15(6-4-11)19(16,17)12-7-10(8-13)9-18-12/h7,9,11H,3-6,8H2,1-2H3. The maximum absolute atomic E-state index is 12.5. The first-order valence-corrected chi connectivity index (χ1v) is 9.10. The minimum Gasteiger partial charge on any atom is -0.306 e. The van der Waals surface area contributed by atoms with Crippen LogP contribution in [0.1, 0.15) is 18.4 Å². The van der Waals surface area contributed by atoms with Gasteiger partial charge in [0.25, 0.3) is 10.0 Å². The van der Waals surface area contributed by atoms with Crippen LogP contribution in [0.15, 0.2) is 15.7 Å². The van der Waals surface area contributed by atoms with Gasteiger partial charge in [0.15, 0.2) is 0 Å². The molecule has 7 heteroatoms. The van der Waals surface area contributed by atoms with Gasteiger partial charge in [0.1, 0.15) is 4.21 Å². The van der Waals surface area contributed by atoms with Crippen LogP contribution in [0.4, 0.5) is 0 Å². The molecule has 0 aromatic carbocycles. The Hall–Kier alpha value is -0.140. The van der Waals surface area contributed by atoms with Gasteiger partial charge in [-0.15, -0.1) is 22.9 Å². The molecule has 1 aromatic rings. The lowest BCUT2D eigenvalue weighted by molar-refractivity contribution is 0.197. The van der Waals surface area contributed by atoms with Gasteiger partial charge in [-0.3, -0.25) is 0 Å². The summed E-state index contributed by atoms with van der Waals surface area (Å²) in [4.78, 5) is 2.17. The van der Waals surface area contributed by atoms with Gasteiger partial charge < -0.3 is 4.90 Å². The molecule has 1 saturated heterocycles. The number of hydrogen-bond donors (Lipinski definition) is 0. The highest BCUT2D eigenvalue weighted by molar-refractivity contribution is 7.91. The third-order valence-corrected chi connectivity index (χ3v) is 7.20. The van der Waals surface area contributed by atoms with E-state index < -0.39 is 10.0 Å². The zero-order valence-corrected chi connectivity index (χ0v) is 13.6. The molecule has 1 aliphatic heterocycles. The first-order valence-electron chi connectivity index (χ1n) is 6.25. The van der Waals surface area contributed by atoms with Gasteiger partial charge in [-0.1, -0.05) is 0 Å². The Morgan fingerprint density at radius 2 is 2.05 bits per heavy atom. The summed E-state index contributed by atoms with van der Waals surface area (Å²) in [6.07, 6.45) is 1.78. The van der Waals surface area contributed by atoms with Gasteiger partial charge in [0.2, 0.25) is 0 Å². The van der Waals surface area contributed by atoms with Crippen molar-refractivity contribution in [1.29, 1.82) is 0 Å². The summed E-state index contributed by atoms with van der Waals surface area (Å²) in [5.41, 5.74) is 0.869. The normalized spacial score (nSPS) is 19.2. The van der Waals surface area contributed by atoms with E-state index in [1.807, 2.05) is 19.5 Å². The Morgan fingerprint density at radius 3 is 2.53 bits per heavy atom. The maximum Gasteiger partial charge on any atom is 0.252 e. The highest BCUT2D eigenvalue weighted by Gasteiger charge is 2.30. The van der Waals surface area contributed by atoms with Crippen molar-refractivity contribution in [3.63, 3.8) is 0 Å². The monoisotopic (exact) mass is 322 g/mol. The van der Waals surface area contributed by atoms with Crippen molar-refractivity contribution in [2.45, 2.75) is 29.0 Å². The summed E-state index contributed by atoms with van der Waals surface area (Å²) in [6, 6.07) is 2.17. The van der Waals surface area contributed by atoms with Gasteiger partial charge in [-0.25, -0.2) is 8.42 Å². The van der Waals surface area contributed by atoms with E-state index in [1.165, 1.54) is 11.3 Å². The maximum atomic E-state index is 12.5. The number of rotatable bonds is 4. The quantitative estimate of drug-likeness (QED) is 0.798. The lowest BCUT2D eigenvalue weighted by Gasteiger charge is -2.34. The molecule has 0 bridgehead atoms. The van der Waals surface area contributed by atoms with E-state index in [2.05, 4.69) is 4.90 Å². The van der Waals surface area contributed by atoms with Crippen molar-refractivity contribution < 1.29 is 8.42 Å². The second-order valence-electron chi connectivity index (χ2n) is 5.01. The van der Waals surface area contributed by atoms with Crippen molar-refractivity contribution in [1.82, 2.24) is 9.21 Å². The van der Waals surface area contributed by atoms with Crippen LogP contribution in [0.3, 0.4) is 0 Å². The fourth-order valence-electron chi connectivity index (χ4n) is 2.28. The number of thiophene rings is 1. The summed E-state index contributed by atoms with van der Waals surface area (Å²) in [5.74, 6) is 0.356. The molecule has 0 radical (unpaired) electrons. The van der Waals surface area contributed by atoms with Crippen LogP contribution >= 0.6 is 22.9 Å². The molecule has 0 amide bonds. The van der Waals surface area contributed by atoms with E-state index in [0.717, 1.165) is 18.4 Å². The van der Waals surface area contributed by atoms with Crippen LogP contribution in [0.2, 0.25) is 0 Å². The molecule has 0 N–H and O–H groups in total. The smallest absolute Gasteiger partial charge is 0.252 e. The number of alkyl halides is 1. The molecule has 0 saturated carbocycles. The molecular weight excluding hydrogens is 304 g/mol. The number of nitrogens with zero attached hydrogens (tertiary/aromatic N) is 2. The molecular formula is C12H19ClN2O2S2. The summed E-state index contributed by atoms with van der Waals surface area (Å²) >= 11 is 6.98. The molecule has 0 unspecified atom stereocenters. The molecule has 4 nitrogen and oxygen atoms in total. The Labute approximate surface area is 124 Å². The summed E-state index contributed by atoms with van der Waals surface area (Å²) in [6.45, 7) is 1.19. The predicted molar refractivity (Wildman–Crippen MR) is 79.3 cm³/mol. The van der Waals surface area contributed by atoms with Crippen LogP contribution in [0.25, 0.3) is 0 Å². The van der Waals surface area contributed by atoms with E-state index in [1.54, 1.807) is 10.4 Å². The molecule has 1 aliphatic rings. The number of piperidine rings is 1. The lowest BCUT2D eigenvalue weighted by Crippen LogP contribution is -2.44. The third-order valence-electron chi connectivity index (χ3n) is 3.53. The number of sulfonamides is 1. The Bertz CT molecular complexity index is 520. The van der Waals surface area contributed by atoms with E-state index in [4.69, 9.17) is 11.6 Å². The molecule has 2 rings (SSSR count). The van der Waals surface area contributed by atoms with Crippen molar-refractivity contribution in [2.75, 3.05) is 27.2 Å². The van der Waals surface area contributed by atoms with Crippen molar-refractivity contribution >= 4 is 33.0 Å². The predicted octanol–water partition coefficient (Wildman–Crippen LogP) is 2.20. The lowest BCUT2D eigenvalue weighted by atomic mass is 10.1. The SMILES string of the molecule is CN(C)C1CCN(S(=O)(=O)c2cc(CCl)cs2)CC1. The van der Waals surface area contributed by atoms with E-state index in [9.17, 15) is 8.42 Å². The molecule has 1 aromatic heterocycles. The molecule has 0 aliphatic carbocycles. The largest absolute Gasteiger partial charge is 0.306 e. The molecule has 0 atom stereocenters. The van der Waals surface area contributed by atoms with Crippen LogP contribution in [-0.4, -0.2) is 50.8 Å². The topological polar surface area (TPSA) is 40.6 Å². The first kappa shape index (κ1) is 15.3. The summed E-state index contributed by atoms with van der Waals surface area (Å²) in [5, 5.41) is 1.81. The highest BCUT2D eigenvalue weighted by atomic mass is 35.5. The van der Waals surface area contributed by atoms with Gasteiger partial charge in [-0.2, -0.15) is 4.31 Å². The fourth-order valence-corrected chi connectivity index (χ4v) is 5.36. The van der Waals surface area contributed by atoms with Crippen molar-refractivity contribution in [2.24, 2.45) is 0 Å².